The molecule has 1 aliphatic heterocycles. The Labute approximate surface area is 134 Å². The number of hydrogen-bond acceptors (Lipinski definition) is 4. The number of fused-ring (bicyclic) bond motifs is 1. The van der Waals surface area contributed by atoms with Gasteiger partial charge in [-0.25, -0.2) is 12.8 Å². The third-order valence-electron chi connectivity index (χ3n) is 3.54. The Kier molecular flexibility index (Phi) is 4.23. The standard InChI is InChI=1S/C16H16FNO4S/c1-18(23(19,20)16-5-3-2-4-13(16)17)11-12-6-7-14-15(10-12)22-9-8-21-14/h2-7,10H,8-9,11H2,1H3. The molecule has 0 saturated heterocycles. The van der Waals surface area contributed by atoms with Gasteiger partial charge in [0.05, 0.1) is 0 Å². The molecule has 0 N–H and O–H groups in total. The summed E-state index contributed by atoms with van der Waals surface area (Å²) in [5, 5.41) is 0. The van der Waals surface area contributed by atoms with Crippen molar-refractivity contribution in [3.8, 4) is 11.5 Å². The van der Waals surface area contributed by atoms with Crippen LogP contribution in [0.3, 0.4) is 0 Å². The molecule has 1 aliphatic rings. The first kappa shape index (κ1) is 15.8. The number of ether oxygens (including phenoxy) is 2. The van der Waals surface area contributed by atoms with Gasteiger partial charge in [0.1, 0.15) is 23.9 Å². The maximum atomic E-state index is 13.8. The highest BCUT2D eigenvalue weighted by Crippen LogP contribution is 2.31. The summed E-state index contributed by atoms with van der Waals surface area (Å²) < 4.78 is 50.7. The van der Waals surface area contributed by atoms with Crippen molar-refractivity contribution in [2.75, 3.05) is 20.3 Å². The van der Waals surface area contributed by atoms with E-state index in [1.165, 1.54) is 25.2 Å². The Balaban J connectivity index is 1.84. The van der Waals surface area contributed by atoms with Gasteiger partial charge in [-0.05, 0) is 29.8 Å². The summed E-state index contributed by atoms with van der Waals surface area (Å²) in [6.07, 6.45) is 0. The molecule has 0 spiro atoms. The number of hydrogen-bond donors (Lipinski definition) is 0. The molecular formula is C16H16FNO4S. The van der Waals surface area contributed by atoms with Gasteiger partial charge in [0.15, 0.2) is 11.5 Å². The SMILES string of the molecule is CN(Cc1ccc2c(c1)OCCO2)S(=O)(=O)c1ccccc1F. The van der Waals surface area contributed by atoms with Crippen molar-refractivity contribution in [2.45, 2.75) is 11.4 Å². The highest BCUT2D eigenvalue weighted by molar-refractivity contribution is 7.89. The van der Waals surface area contributed by atoms with Crippen molar-refractivity contribution in [3.05, 3.63) is 53.8 Å². The average molecular weight is 337 g/mol. The van der Waals surface area contributed by atoms with Crippen LogP contribution in [0.2, 0.25) is 0 Å². The maximum absolute atomic E-state index is 13.8. The van der Waals surface area contributed by atoms with E-state index in [2.05, 4.69) is 0 Å². The molecule has 7 heteroatoms. The molecule has 0 atom stereocenters. The van der Waals surface area contributed by atoms with Gasteiger partial charge in [0, 0.05) is 13.6 Å². The third-order valence-corrected chi connectivity index (χ3v) is 5.37. The highest BCUT2D eigenvalue weighted by atomic mass is 32.2. The van der Waals surface area contributed by atoms with Crippen molar-refractivity contribution in [3.63, 3.8) is 0 Å². The lowest BCUT2D eigenvalue weighted by Crippen LogP contribution is -2.27. The molecule has 0 radical (unpaired) electrons. The second-order valence-electron chi connectivity index (χ2n) is 5.17. The predicted octanol–water partition coefficient (Wildman–Crippen LogP) is 2.42. The van der Waals surface area contributed by atoms with E-state index in [1.807, 2.05) is 0 Å². The summed E-state index contributed by atoms with van der Waals surface area (Å²) in [6, 6.07) is 10.6. The lowest BCUT2D eigenvalue weighted by atomic mass is 10.2. The van der Waals surface area contributed by atoms with Gasteiger partial charge < -0.3 is 9.47 Å². The van der Waals surface area contributed by atoms with Gasteiger partial charge in [0.2, 0.25) is 10.0 Å². The molecule has 23 heavy (non-hydrogen) atoms. The first-order chi connectivity index (χ1) is 11.0. The average Bonchev–Trinajstić information content (AvgIpc) is 2.55. The number of sulfonamides is 1. The summed E-state index contributed by atoms with van der Waals surface area (Å²) in [5.74, 6) is 0.464. The van der Waals surface area contributed by atoms with Crippen LogP contribution in [-0.4, -0.2) is 33.0 Å². The topological polar surface area (TPSA) is 55.8 Å². The van der Waals surface area contributed by atoms with E-state index < -0.39 is 15.8 Å². The lowest BCUT2D eigenvalue weighted by molar-refractivity contribution is 0.171. The zero-order chi connectivity index (χ0) is 16.4. The highest BCUT2D eigenvalue weighted by Gasteiger charge is 2.24. The molecule has 0 fully saturated rings. The Morgan fingerprint density at radius 3 is 2.52 bits per heavy atom. The van der Waals surface area contributed by atoms with Crippen LogP contribution in [-0.2, 0) is 16.6 Å². The van der Waals surface area contributed by atoms with Crippen molar-refractivity contribution < 1.29 is 22.3 Å². The molecule has 122 valence electrons. The minimum Gasteiger partial charge on any atom is -0.486 e. The molecule has 0 aromatic heterocycles. The van der Waals surface area contributed by atoms with Gasteiger partial charge in [-0.2, -0.15) is 4.31 Å². The normalized spacial score (nSPS) is 14.0. The molecule has 0 amide bonds. The van der Waals surface area contributed by atoms with E-state index >= 15 is 0 Å². The number of halogens is 1. The quantitative estimate of drug-likeness (QED) is 0.860. The second-order valence-corrected chi connectivity index (χ2v) is 7.18. The smallest absolute Gasteiger partial charge is 0.246 e. The summed E-state index contributed by atoms with van der Waals surface area (Å²) in [7, 11) is -2.49. The predicted molar refractivity (Wildman–Crippen MR) is 82.5 cm³/mol. The fourth-order valence-corrected chi connectivity index (χ4v) is 3.57. The summed E-state index contributed by atoms with van der Waals surface area (Å²) in [6.45, 7) is 1.06. The first-order valence-corrected chi connectivity index (χ1v) is 8.52. The molecule has 0 aliphatic carbocycles. The van der Waals surface area contributed by atoms with Gasteiger partial charge in [0.25, 0.3) is 0 Å². The van der Waals surface area contributed by atoms with Gasteiger partial charge >= 0.3 is 0 Å². The van der Waals surface area contributed by atoms with Crippen LogP contribution in [0.15, 0.2) is 47.4 Å². The van der Waals surface area contributed by atoms with E-state index in [9.17, 15) is 12.8 Å². The molecule has 1 heterocycles. The van der Waals surface area contributed by atoms with Crippen molar-refractivity contribution in [1.29, 1.82) is 0 Å². The molecule has 0 unspecified atom stereocenters. The van der Waals surface area contributed by atoms with E-state index in [0.29, 0.717) is 24.7 Å². The number of nitrogens with zero attached hydrogens (tertiary/aromatic N) is 1. The van der Waals surface area contributed by atoms with Gasteiger partial charge in [-0.15, -0.1) is 0 Å². The van der Waals surface area contributed by atoms with Crippen LogP contribution < -0.4 is 9.47 Å². The number of benzene rings is 2. The largest absolute Gasteiger partial charge is 0.486 e. The first-order valence-electron chi connectivity index (χ1n) is 7.08. The molecular weight excluding hydrogens is 321 g/mol. The summed E-state index contributed by atoms with van der Waals surface area (Å²) in [5.41, 5.74) is 0.733. The van der Waals surface area contributed by atoms with E-state index in [-0.39, 0.29) is 11.4 Å². The molecule has 5 nitrogen and oxygen atoms in total. The van der Waals surface area contributed by atoms with Gasteiger partial charge in [-0.1, -0.05) is 18.2 Å². The van der Waals surface area contributed by atoms with Crippen molar-refractivity contribution in [2.24, 2.45) is 0 Å². The zero-order valence-electron chi connectivity index (χ0n) is 12.5. The molecule has 2 aromatic carbocycles. The third kappa shape index (κ3) is 3.16. The van der Waals surface area contributed by atoms with E-state index in [1.54, 1.807) is 18.2 Å². The summed E-state index contributed by atoms with van der Waals surface area (Å²) >= 11 is 0. The van der Waals surface area contributed by atoms with Gasteiger partial charge in [-0.3, -0.25) is 0 Å². The van der Waals surface area contributed by atoms with Crippen LogP contribution in [0.5, 0.6) is 11.5 Å². The van der Waals surface area contributed by atoms with Crippen LogP contribution >= 0.6 is 0 Å². The minimum atomic E-state index is -3.90. The monoisotopic (exact) mass is 337 g/mol. The fourth-order valence-electron chi connectivity index (χ4n) is 2.35. The second kappa shape index (κ2) is 6.17. The Hall–Kier alpha value is -2.12. The van der Waals surface area contributed by atoms with E-state index in [4.69, 9.17) is 9.47 Å². The Morgan fingerprint density at radius 1 is 1.09 bits per heavy atom. The fraction of sp³-hybridized carbons (Fsp3) is 0.250. The van der Waals surface area contributed by atoms with Crippen LogP contribution in [0.4, 0.5) is 4.39 Å². The van der Waals surface area contributed by atoms with E-state index in [0.717, 1.165) is 15.9 Å². The lowest BCUT2D eigenvalue weighted by Gasteiger charge is -2.21. The molecule has 2 aromatic rings. The van der Waals surface area contributed by atoms with Crippen molar-refractivity contribution in [1.82, 2.24) is 4.31 Å². The number of rotatable bonds is 4. The molecule has 0 saturated carbocycles. The summed E-state index contributed by atoms with van der Waals surface area (Å²) in [4.78, 5) is -0.333. The zero-order valence-corrected chi connectivity index (χ0v) is 13.3. The molecule has 3 rings (SSSR count). The maximum Gasteiger partial charge on any atom is 0.246 e. The molecule has 0 bridgehead atoms. The Morgan fingerprint density at radius 2 is 1.78 bits per heavy atom. The minimum absolute atomic E-state index is 0.104. The Bertz CT molecular complexity index is 823. The van der Waals surface area contributed by atoms with Crippen molar-refractivity contribution >= 4 is 10.0 Å². The van der Waals surface area contributed by atoms with Crippen LogP contribution in [0.1, 0.15) is 5.56 Å². The van der Waals surface area contributed by atoms with Crippen LogP contribution in [0.25, 0.3) is 0 Å². The van der Waals surface area contributed by atoms with Crippen LogP contribution in [0, 0.1) is 5.82 Å².